The predicted molar refractivity (Wildman–Crippen MR) is 83.5 cm³/mol. The maximum Gasteiger partial charge on any atom is 0.313 e. The number of aryl methyl sites for hydroxylation is 2. The van der Waals surface area contributed by atoms with Crippen molar-refractivity contribution in [1.82, 2.24) is 5.32 Å². The Balaban J connectivity index is 1.57. The number of hydrogen-bond donors (Lipinski definition) is 3. The van der Waals surface area contributed by atoms with Crippen molar-refractivity contribution < 1.29 is 14.7 Å². The van der Waals surface area contributed by atoms with E-state index in [9.17, 15) is 9.59 Å². The third kappa shape index (κ3) is 3.47. The molecule has 5 heteroatoms. The third-order valence-electron chi connectivity index (χ3n) is 4.51. The first-order valence-electron chi connectivity index (χ1n) is 8.02. The molecule has 1 aromatic carbocycles. The number of hydrogen-bond acceptors (Lipinski definition) is 3. The lowest BCUT2D eigenvalue weighted by Gasteiger charge is -2.16. The van der Waals surface area contributed by atoms with Gasteiger partial charge in [-0.1, -0.05) is 6.07 Å². The molecule has 0 spiro atoms. The van der Waals surface area contributed by atoms with Crippen LogP contribution in [-0.4, -0.2) is 29.6 Å². The van der Waals surface area contributed by atoms with Crippen LogP contribution in [0.1, 0.15) is 36.8 Å². The van der Waals surface area contributed by atoms with E-state index < -0.39 is 11.8 Å². The molecular formula is C17H22N2O3. The van der Waals surface area contributed by atoms with Crippen LogP contribution in [0.15, 0.2) is 18.2 Å². The molecule has 22 heavy (non-hydrogen) atoms. The second kappa shape index (κ2) is 6.48. The molecule has 1 aromatic rings. The molecule has 2 aliphatic rings. The molecule has 0 saturated heterocycles. The molecule has 1 atom stereocenters. The Hall–Kier alpha value is -1.88. The quantitative estimate of drug-likeness (QED) is 0.719. The van der Waals surface area contributed by atoms with E-state index in [0.717, 1.165) is 32.1 Å². The van der Waals surface area contributed by atoms with Gasteiger partial charge in [0.1, 0.15) is 0 Å². The second-order valence-electron chi connectivity index (χ2n) is 6.22. The molecule has 1 unspecified atom stereocenters. The van der Waals surface area contributed by atoms with Gasteiger partial charge < -0.3 is 15.7 Å². The standard InChI is InChI=1S/C17H22N2O3/c20-9-8-15(12-4-5-12)19-17(22)16(21)18-14-7-6-11-2-1-3-13(11)10-14/h6-7,10,12,15,20H,1-5,8-9H2,(H,18,21)(H,19,22). The number of anilines is 1. The fourth-order valence-corrected chi connectivity index (χ4v) is 3.13. The number of aliphatic hydroxyl groups excluding tert-OH is 1. The molecule has 5 nitrogen and oxygen atoms in total. The highest BCUT2D eigenvalue weighted by Gasteiger charge is 2.33. The molecule has 0 aromatic heterocycles. The van der Waals surface area contributed by atoms with Crippen molar-refractivity contribution in [2.75, 3.05) is 11.9 Å². The van der Waals surface area contributed by atoms with E-state index in [0.29, 0.717) is 18.0 Å². The molecule has 0 aliphatic heterocycles. The largest absolute Gasteiger partial charge is 0.396 e. The van der Waals surface area contributed by atoms with Gasteiger partial charge in [0, 0.05) is 18.3 Å². The summed E-state index contributed by atoms with van der Waals surface area (Å²) in [5.74, 6) is -0.851. The Morgan fingerprint density at radius 1 is 1.18 bits per heavy atom. The summed E-state index contributed by atoms with van der Waals surface area (Å²) in [7, 11) is 0. The van der Waals surface area contributed by atoms with Crippen LogP contribution in [0.3, 0.4) is 0 Å². The maximum atomic E-state index is 12.0. The third-order valence-corrected chi connectivity index (χ3v) is 4.51. The minimum atomic E-state index is -0.637. The van der Waals surface area contributed by atoms with Crippen LogP contribution in [-0.2, 0) is 22.4 Å². The second-order valence-corrected chi connectivity index (χ2v) is 6.22. The van der Waals surface area contributed by atoms with Crippen LogP contribution >= 0.6 is 0 Å². The maximum absolute atomic E-state index is 12.0. The number of aliphatic hydroxyl groups is 1. The molecule has 1 saturated carbocycles. The Morgan fingerprint density at radius 2 is 1.95 bits per heavy atom. The zero-order valence-corrected chi connectivity index (χ0v) is 12.6. The molecule has 0 radical (unpaired) electrons. The van der Waals surface area contributed by atoms with Crippen molar-refractivity contribution in [1.29, 1.82) is 0 Å². The van der Waals surface area contributed by atoms with Crippen LogP contribution in [0.5, 0.6) is 0 Å². The van der Waals surface area contributed by atoms with Crippen molar-refractivity contribution >= 4 is 17.5 Å². The normalized spacial score (nSPS) is 17.7. The summed E-state index contributed by atoms with van der Waals surface area (Å²) >= 11 is 0. The monoisotopic (exact) mass is 302 g/mol. The van der Waals surface area contributed by atoms with Crippen molar-refractivity contribution in [3.8, 4) is 0 Å². The van der Waals surface area contributed by atoms with Crippen molar-refractivity contribution in [2.24, 2.45) is 5.92 Å². The zero-order valence-electron chi connectivity index (χ0n) is 12.6. The van der Waals surface area contributed by atoms with Gasteiger partial charge in [0.25, 0.3) is 0 Å². The SMILES string of the molecule is O=C(Nc1ccc2c(c1)CCC2)C(=O)NC(CCO)C1CC1. The molecular weight excluding hydrogens is 280 g/mol. The van der Waals surface area contributed by atoms with Gasteiger partial charge >= 0.3 is 11.8 Å². The highest BCUT2D eigenvalue weighted by Crippen LogP contribution is 2.33. The summed E-state index contributed by atoms with van der Waals surface area (Å²) in [6.07, 6.45) is 5.88. The number of nitrogens with one attached hydrogen (secondary N) is 2. The molecule has 2 aliphatic carbocycles. The van der Waals surface area contributed by atoms with Gasteiger partial charge in [0.2, 0.25) is 0 Å². The van der Waals surface area contributed by atoms with E-state index in [1.807, 2.05) is 18.2 Å². The number of benzene rings is 1. The van der Waals surface area contributed by atoms with Crippen molar-refractivity contribution in [3.05, 3.63) is 29.3 Å². The average Bonchev–Trinajstić information content (AvgIpc) is 3.25. The number of fused-ring (bicyclic) bond motifs is 1. The number of carbonyl (C=O) groups excluding carboxylic acids is 2. The highest BCUT2D eigenvalue weighted by atomic mass is 16.3. The Morgan fingerprint density at radius 3 is 2.68 bits per heavy atom. The summed E-state index contributed by atoms with van der Waals surface area (Å²) in [5.41, 5.74) is 3.26. The minimum Gasteiger partial charge on any atom is -0.396 e. The van der Waals surface area contributed by atoms with E-state index >= 15 is 0 Å². The minimum absolute atomic E-state index is 0.0217. The number of amides is 2. The van der Waals surface area contributed by atoms with Gasteiger partial charge in [-0.05, 0) is 67.7 Å². The highest BCUT2D eigenvalue weighted by molar-refractivity contribution is 6.39. The van der Waals surface area contributed by atoms with E-state index in [1.54, 1.807) is 0 Å². The van der Waals surface area contributed by atoms with Crippen LogP contribution in [0, 0.1) is 5.92 Å². The summed E-state index contributed by atoms with van der Waals surface area (Å²) in [6, 6.07) is 5.73. The summed E-state index contributed by atoms with van der Waals surface area (Å²) in [6.45, 7) is 0.0217. The summed E-state index contributed by atoms with van der Waals surface area (Å²) in [5, 5.41) is 14.4. The van der Waals surface area contributed by atoms with Crippen LogP contribution in [0.2, 0.25) is 0 Å². The first-order chi connectivity index (χ1) is 10.7. The molecule has 1 fully saturated rings. The van der Waals surface area contributed by atoms with Gasteiger partial charge in [-0.25, -0.2) is 0 Å². The first kappa shape index (κ1) is 15.0. The van der Waals surface area contributed by atoms with Gasteiger partial charge in [-0.3, -0.25) is 9.59 Å². The van der Waals surface area contributed by atoms with E-state index in [1.165, 1.54) is 11.1 Å². The summed E-state index contributed by atoms with van der Waals surface area (Å²) < 4.78 is 0. The van der Waals surface area contributed by atoms with E-state index in [2.05, 4.69) is 10.6 Å². The van der Waals surface area contributed by atoms with Gasteiger partial charge in [0.05, 0.1) is 0 Å². The Labute approximate surface area is 130 Å². The molecule has 3 N–H and O–H groups in total. The van der Waals surface area contributed by atoms with Crippen LogP contribution in [0.25, 0.3) is 0 Å². The lowest BCUT2D eigenvalue weighted by Crippen LogP contribution is -2.43. The molecule has 2 amide bonds. The topological polar surface area (TPSA) is 78.4 Å². The zero-order chi connectivity index (χ0) is 15.5. The molecule has 0 bridgehead atoms. The lowest BCUT2D eigenvalue weighted by molar-refractivity contribution is -0.136. The van der Waals surface area contributed by atoms with E-state index in [-0.39, 0.29) is 12.6 Å². The van der Waals surface area contributed by atoms with Crippen molar-refractivity contribution in [3.63, 3.8) is 0 Å². The van der Waals surface area contributed by atoms with Crippen LogP contribution < -0.4 is 10.6 Å². The fourth-order valence-electron chi connectivity index (χ4n) is 3.13. The Kier molecular flexibility index (Phi) is 4.43. The van der Waals surface area contributed by atoms with Gasteiger partial charge in [-0.15, -0.1) is 0 Å². The van der Waals surface area contributed by atoms with Crippen LogP contribution in [0.4, 0.5) is 5.69 Å². The molecule has 3 rings (SSSR count). The molecule has 0 heterocycles. The Bertz CT molecular complexity index is 581. The number of carbonyl (C=O) groups is 2. The average molecular weight is 302 g/mol. The summed E-state index contributed by atoms with van der Waals surface area (Å²) in [4.78, 5) is 24.0. The fraction of sp³-hybridized carbons (Fsp3) is 0.529. The van der Waals surface area contributed by atoms with Crippen molar-refractivity contribution in [2.45, 2.75) is 44.6 Å². The van der Waals surface area contributed by atoms with Gasteiger partial charge in [-0.2, -0.15) is 0 Å². The van der Waals surface area contributed by atoms with E-state index in [4.69, 9.17) is 5.11 Å². The smallest absolute Gasteiger partial charge is 0.313 e. The van der Waals surface area contributed by atoms with Gasteiger partial charge in [0.15, 0.2) is 0 Å². The number of rotatable bonds is 5. The molecule has 118 valence electrons. The predicted octanol–water partition coefficient (Wildman–Crippen LogP) is 1.39. The first-order valence-corrected chi connectivity index (χ1v) is 8.02. The lowest BCUT2D eigenvalue weighted by atomic mass is 10.1.